The molecular weight excluding hydrogens is 394 g/mol. The fourth-order valence-corrected chi connectivity index (χ4v) is 3.30. The Labute approximate surface area is 183 Å². The molecule has 3 aromatic rings. The van der Waals surface area contributed by atoms with Crippen LogP contribution in [-0.4, -0.2) is 23.3 Å². The van der Waals surface area contributed by atoms with E-state index in [1.807, 2.05) is 106 Å². The zero-order chi connectivity index (χ0) is 21.6. The van der Waals surface area contributed by atoms with Crippen LogP contribution in [0, 0.1) is 0 Å². The molecule has 0 aliphatic heterocycles. The van der Waals surface area contributed by atoms with Crippen molar-refractivity contribution in [1.29, 1.82) is 0 Å². The number of hydrogen-bond acceptors (Lipinski definition) is 3. The average Bonchev–Trinajstić information content (AvgIpc) is 2.72. The van der Waals surface area contributed by atoms with Gasteiger partial charge in [0.15, 0.2) is 6.04 Å². The van der Waals surface area contributed by atoms with Crippen molar-refractivity contribution in [2.45, 2.75) is 38.8 Å². The number of carbonyl (C=O) groups is 1. The van der Waals surface area contributed by atoms with E-state index in [2.05, 4.69) is 0 Å². The molecule has 4 heteroatoms. The van der Waals surface area contributed by atoms with Gasteiger partial charge in [0.25, 0.3) is 0 Å². The largest absolute Gasteiger partial charge is 0.458 e. The number of nitrogens with zero attached hydrogens (tertiary/aromatic N) is 1. The van der Waals surface area contributed by atoms with E-state index in [4.69, 9.17) is 21.3 Å². The Morgan fingerprint density at radius 1 is 0.867 bits per heavy atom. The molecular formula is C26H26ClNO2. The molecule has 0 amide bonds. The fraction of sp³-hybridized carbons (Fsp3) is 0.231. The average molecular weight is 420 g/mol. The number of benzene rings is 3. The van der Waals surface area contributed by atoms with Crippen molar-refractivity contribution in [3.63, 3.8) is 0 Å². The molecule has 0 spiro atoms. The minimum absolute atomic E-state index is 0.359. The second kappa shape index (κ2) is 9.73. The first-order valence-corrected chi connectivity index (χ1v) is 10.4. The monoisotopic (exact) mass is 419 g/mol. The summed E-state index contributed by atoms with van der Waals surface area (Å²) < 4.78 is 5.70. The Hall–Kier alpha value is -2.91. The summed E-state index contributed by atoms with van der Waals surface area (Å²) in [6.45, 7) is 5.57. The third-order valence-electron chi connectivity index (χ3n) is 4.43. The Morgan fingerprint density at radius 2 is 1.37 bits per heavy atom. The van der Waals surface area contributed by atoms with Gasteiger partial charge in [-0.1, -0.05) is 90.5 Å². The predicted molar refractivity (Wildman–Crippen MR) is 123 cm³/mol. The molecule has 0 aliphatic rings. The van der Waals surface area contributed by atoms with Crippen molar-refractivity contribution in [1.82, 2.24) is 0 Å². The first kappa shape index (κ1) is 21.8. The molecule has 30 heavy (non-hydrogen) atoms. The van der Waals surface area contributed by atoms with E-state index in [1.165, 1.54) is 0 Å². The van der Waals surface area contributed by atoms with E-state index in [1.54, 1.807) is 0 Å². The Bertz CT molecular complexity index is 966. The van der Waals surface area contributed by atoms with E-state index in [0.29, 0.717) is 11.4 Å². The summed E-state index contributed by atoms with van der Waals surface area (Å²) in [5.41, 5.74) is 2.89. The number of esters is 1. The molecule has 1 atom stereocenters. The van der Waals surface area contributed by atoms with Crippen LogP contribution >= 0.6 is 11.6 Å². The second-order valence-corrected chi connectivity index (χ2v) is 8.46. The standard InChI is InChI=1S/C26H26ClNO2/c1-26(2,3)30-25(29)23(18-21-16-10-11-17-22(21)27)28-24(19-12-6-4-7-13-19)20-14-8-5-9-15-20/h4-17,23H,18H2,1-3H3. The van der Waals surface area contributed by atoms with Crippen LogP contribution in [0.1, 0.15) is 37.5 Å². The van der Waals surface area contributed by atoms with Gasteiger partial charge in [-0.3, -0.25) is 4.99 Å². The number of carbonyl (C=O) groups excluding carboxylic acids is 1. The third kappa shape index (κ3) is 6.04. The highest BCUT2D eigenvalue weighted by Gasteiger charge is 2.26. The lowest BCUT2D eigenvalue weighted by Crippen LogP contribution is -2.33. The minimum atomic E-state index is -0.723. The van der Waals surface area contributed by atoms with Crippen LogP contribution in [0.2, 0.25) is 5.02 Å². The third-order valence-corrected chi connectivity index (χ3v) is 4.80. The minimum Gasteiger partial charge on any atom is -0.458 e. The molecule has 0 bridgehead atoms. The van der Waals surface area contributed by atoms with E-state index >= 15 is 0 Å². The number of ether oxygens (including phenoxy) is 1. The molecule has 0 radical (unpaired) electrons. The maximum atomic E-state index is 13.1. The van der Waals surface area contributed by atoms with Crippen molar-refractivity contribution in [2.75, 3.05) is 0 Å². The van der Waals surface area contributed by atoms with Gasteiger partial charge in [-0.25, -0.2) is 4.79 Å². The molecule has 3 aromatic carbocycles. The summed E-state index contributed by atoms with van der Waals surface area (Å²) in [7, 11) is 0. The van der Waals surface area contributed by atoms with Crippen molar-refractivity contribution >= 4 is 23.3 Å². The van der Waals surface area contributed by atoms with Crippen LogP contribution < -0.4 is 0 Å². The summed E-state index contributed by atoms with van der Waals surface area (Å²) in [5, 5.41) is 0.613. The first-order chi connectivity index (χ1) is 14.3. The van der Waals surface area contributed by atoms with Gasteiger partial charge in [0.05, 0.1) is 5.71 Å². The molecule has 0 saturated heterocycles. The second-order valence-electron chi connectivity index (χ2n) is 8.05. The molecule has 0 aromatic heterocycles. The molecule has 0 heterocycles. The molecule has 154 valence electrons. The lowest BCUT2D eigenvalue weighted by Gasteiger charge is -2.23. The van der Waals surface area contributed by atoms with E-state index in [-0.39, 0.29) is 5.97 Å². The Balaban J connectivity index is 2.08. The number of aliphatic imine (C=N–C) groups is 1. The SMILES string of the molecule is CC(C)(C)OC(=O)C(Cc1ccccc1Cl)N=C(c1ccccc1)c1ccccc1. The van der Waals surface area contributed by atoms with Crippen LogP contribution in [-0.2, 0) is 16.0 Å². The highest BCUT2D eigenvalue weighted by Crippen LogP contribution is 2.21. The van der Waals surface area contributed by atoms with Gasteiger partial charge in [0.2, 0.25) is 0 Å². The Morgan fingerprint density at radius 3 is 1.87 bits per heavy atom. The van der Waals surface area contributed by atoms with Crippen molar-refractivity contribution in [2.24, 2.45) is 4.99 Å². The van der Waals surface area contributed by atoms with Crippen molar-refractivity contribution in [3.8, 4) is 0 Å². The quantitative estimate of drug-likeness (QED) is 0.356. The predicted octanol–water partition coefficient (Wildman–Crippen LogP) is 6.13. The van der Waals surface area contributed by atoms with Gasteiger partial charge >= 0.3 is 5.97 Å². The van der Waals surface area contributed by atoms with E-state index < -0.39 is 11.6 Å². The number of rotatable bonds is 6. The zero-order valence-electron chi connectivity index (χ0n) is 17.5. The number of hydrogen-bond donors (Lipinski definition) is 0. The maximum Gasteiger partial charge on any atom is 0.331 e. The maximum absolute atomic E-state index is 13.1. The van der Waals surface area contributed by atoms with Crippen LogP contribution in [0.5, 0.6) is 0 Å². The highest BCUT2D eigenvalue weighted by atomic mass is 35.5. The van der Waals surface area contributed by atoms with Crippen molar-refractivity contribution in [3.05, 3.63) is 107 Å². The van der Waals surface area contributed by atoms with E-state index in [0.717, 1.165) is 22.4 Å². The molecule has 3 nitrogen and oxygen atoms in total. The first-order valence-electron chi connectivity index (χ1n) is 9.98. The Kier molecular flexibility index (Phi) is 7.07. The van der Waals surface area contributed by atoms with Gasteiger partial charge in [-0.15, -0.1) is 0 Å². The molecule has 0 N–H and O–H groups in total. The van der Waals surface area contributed by atoms with Gasteiger partial charge in [-0.05, 0) is 32.4 Å². The van der Waals surface area contributed by atoms with Gasteiger partial charge in [-0.2, -0.15) is 0 Å². The number of halogens is 1. The lowest BCUT2D eigenvalue weighted by atomic mass is 10.0. The van der Waals surface area contributed by atoms with Crippen LogP contribution in [0.15, 0.2) is 89.9 Å². The van der Waals surface area contributed by atoms with Crippen molar-refractivity contribution < 1.29 is 9.53 Å². The van der Waals surface area contributed by atoms with E-state index in [9.17, 15) is 4.79 Å². The summed E-state index contributed by atoms with van der Waals surface area (Å²) in [5.74, 6) is -0.369. The molecule has 0 fully saturated rings. The summed E-state index contributed by atoms with van der Waals surface area (Å²) in [6, 6.07) is 26.5. The van der Waals surface area contributed by atoms with Gasteiger partial charge in [0.1, 0.15) is 5.60 Å². The smallest absolute Gasteiger partial charge is 0.331 e. The van der Waals surface area contributed by atoms with Gasteiger partial charge < -0.3 is 4.74 Å². The van der Waals surface area contributed by atoms with Crippen LogP contribution in [0.3, 0.4) is 0 Å². The molecule has 0 saturated carbocycles. The highest BCUT2D eigenvalue weighted by molar-refractivity contribution is 6.31. The van der Waals surface area contributed by atoms with Gasteiger partial charge in [0, 0.05) is 22.6 Å². The fourth-order valence-electron chi connectivity index (χ4n) is 3.09. The topological polar surface area (TPSA) is 38.7 Å². The normalized spacial score (nSPS) is 12.1. The van der Waals surface area contributed by atoms with Crippen LogP contribution in [0.25, 0.3) is 0 Å². The lowest BCUT2D eigenvalue weighted by molar-refractivity contribution is -0.156. The molecule has 1 unspecified atom stereocenters. The molecule has 3 rings (SSSR count). The molecule has 0 aliphatic carbocycles. The summed E-state index contributed by atoms with van der Waals surface area (Å²) in [4.78, 5) is 18.0. The van der Waals surface area contributed by atoms with Crippen LogP contribution in [0.4, 0.5) is 0 Å². The summed E-state index contributed by atoms with van der Waals surface area (Å²) >= 11 is 6.38. The zero-order valence-corrected chi connectivity index (χ0v) is 18.3. The summed E-state index contributed by atoms with van der Waals surface area (Å²) in [6.07, 6.45) is 0.359.